The van der Waals surface area contributed by atoms with Crippen molar-refractivity contribution in [3.8, 4) is 11.5 Å². The highest BCUT2D eigenvalue weighted by molar-refractivity contribution is 6.03. The lowest BCUT2D eigenvalue weighted by Crippen LogP contribution is -2.24. The summed E-state index contributed by atoms with van der Waals surface area (Å²) in [7, 11) is 0. The Balaban J connectivity index is 1.98. The lowest BCUT2D eigenvalue weighted by atomic mass is 10.1. The number of aromatic nitrogens is 1. The van der Waals surface area contributed by atoms with E-state index < -0.39 is 0 Å². The van der Waals surface area contributed by atoms with E-state index in [9.17, 15) is 9.59 Å². The molecule has 0 aliphatic carbocycles. The Morgan fingerprint density at radius 1 is 0.848 bits per heavy atom. The number of aryl methyl sites for hydroxylation is 1. The molecule has 1 N–H and O–H groups in total. The first kappa shape index (κ1) is 36.4. The molecular weight excluding hydrogens is 572 g/mol. The minimum Gasteiger partial charge on any atom is -0.489 e. The van der Waals surface area contributed by atoms with Crippen LogP contribution in [-0.2, 0) is 11.3 Å². The number of pyridine rings is 1. The molecule has 0 saturated carbocycles. The van der Waals surface area contributed by atoms with Crippen LogP contribution in [-0.4, -0.2) is 23.7 Å². The normalized spacial score (nSPS) is 11.6. The summed E-state index contributed by atoms with van der Waals surface area (Å²) >= 11 is 0. The number of fused-ring (bicyclic) bond motifs is 1. The van der Waals surface area contributed by atoms with Crippen LogP contribution in [0.25, 0.3) is 17.0 Å². The van der Waals surface area contributed by atoms with E-state index in [0.717, 1.165) is 80.7 Å². The number of benzene rings is 2. The summed E-state index contributed by atoms with van der Waals surface area (Å²) in [6, 6.07) is 15.4. The topological polar surface area (TPSA) is 69.6 Å². The van der Waals surface area contributed by atoms with Crippen LogP contribution in [0.1, 0.15) is 104 Å². The summed E-state index contributed by atoms with van der Waals surface area (Å²) in [6.07, 6.45) is 17.9. The van der Waals surface area contributed by atoms with Crippen molar-refractivity contribution in [1.82, 2.24) is 4.57 Å². The maximum Gasteiger partial charge on any atom is 0.297 e. The van der Waals surface area contributed by atoms with Crippen molar-refractivity contribution in [3.05, 3.63) is 93.8 Å². The summed E-state index contributed by atoms with van der Waals surface area (Å²) < 4.78 is 14.4. The second kappa shape index (κ2) is 20.1. The first-order valence-electron chi connectivity index (χ1n) is 17.1. The van der Waals surface area contributed by atoms with Gasteiger partial charge >= 0.3 is 0 Å². The van der Waals surface area contributed by atoms with Crippen molar-refractivity contribution in [3.63, 3.8) is 0 Å². The largest absolute Gasteiger partial charge is 0.489 e. The zero-order valence-electron chi connectivity index (χ0n) is 28.7. The Bertz CT molecular complexity index is 1530. The molecule has 1 aromatic heterocycles. The number of carbonyl (C=O) groups is 1. The lowest BCUT2D eigenvalue weighted by Gasteiger charge is -2.19. The van der Waals surface area contributed by atoms with Gasteiger partial charge in [-0.05, 0) is 82.4 Å². The number of amides is 1. The average molecular weight is 627 g/mol. The molecule has 46 heavy (non-hydrogen) atoms. The van der Waals surface area contributed by atoms with Crippen molar-refractivity contribution in [2.45, 2.75) is 105 Å². The molecular formula is C40H54N2O4. The molecule has 0 aliphatic rings. The van der Waals surface area contributed by atoms with E-state index in [2.05, 4.69) is 52.1 Å². The van der Waals surface area contributed by atoms with Crippen molar-refractivity contribution in [1.29, 1.82) is 0 Å². The van der Waals surface area contributed by atoms with E-state index in [1.165, 1.54) is 17.2 Å². The number of hydrogen-bond acceptors (Lipinski definition) is 4. The van der Waals surface area contributed by atoms with Gasteiger partial charge in [0, 0.05) is 23.7 Å². The van der Waals surface area contributed by atoms with E-state index in [4.69, 9.17) is 9.47 Å². The third-order valence-electron chi connectivity index (χ3n) is 7.90. The summed E-state index contributed by atoms with van der Waals surface area (Å²) in [6.45, 7) is 12.0. The highest BCUT2D eigenvalue weighted by atomic mass is 16.5. The number of allylic oxidation sites excluding steroid dienone is 3. The van der Waals surface area contributed by atoms with Crippen LogP contribution >= 0.6 is 0 Å². The molecule has 1 heterocycles. The molecule has 6 heteroatoms. The summed E-state index contributed by atoms with van der Waals surface area (Å²) in [4.78, 5) is 27.0. The fourth-order valence-corrected chi connectivity index (χ4v) is 5.25. The molecule has 0 radical (unpaired) electrons. The number of nitrogens with zero attached hydrogens (tertiary/aromatic N) is 1. The van der Waals surface area contributed by atoms with Gasteiger partial charge in [0.1, 0.15) is 6.61 Å². The van der Waals surface area contributed by atoms with Gasteiger partial charge in [0.05, 0.1) is 12.1 Å². The zero-order valence-corrected chi connectivity index (χ0v) is 28.7. The quantitative estimate of drug-likeness (QED) is 0.0770. The van der Waals surface area contributed by atoms with Gasteiger partial charge in [0.2, 0.25) is 11.7 Å². The number of rotatable bonds is 20. The third-order valence-corrected chi connectivity index (χ3v) is 7.90. The smallest absolute Gasteiger partial charge is 0.297 e. The molecule has 6 nitrogen and oxygen atoms in total. The van der Waals surface area contributed by atoms with E-state index in [1.807, 2.05) is 48.5 Å². The number of carbonyl (C=O) groups excluding carboxylic acids is 1. The molecule has 2 aromatic carbocycles. The Morgan fingerprint density at radius 2 is 1.59 bits per heavy atom. The average Bonchev–Trinajstić information content (AvgIpc) is 3.04. The van der Waals surface area contributed by atoms with Gasteiger partial charge in [-0.1, -0.05) is 99.9 Å². The van der Waals surface area contributed by atoms with Crippen molar-refractivity contribution in [2.24, 2.45) is 0 Å². The highest BCUT2D eigenvalue weighted by Crippen LogP contribution is 2.35. The van der Waals surface area contributed by atoms with E-state index in [0.29, 0.717) is 31.2 Å². The molecule has 0 fully saturated rings. The van der Waals surface area contributed by atoms with Gasteiger partial charge in [-0.3, -0.25) is 9.59 Å². The van der Waals surface area contributed by atoms with Crippen LogP contribution in [0.4, 0.5) is 5.69 Å². The summed E-state index contributed by atoms with van der Waals surface area (Å²) in [5, 5.41) is 3.78. The Morgan fingerprint density at radius 3 is 2.30 bits per heavy atom. The number of nitrogens with one attached hydrogen (secondary N) is 1. The molecule has 0 bridgehead atoms. The summed E-state index contributed by atoms with van der Waals surface area (Å²) in [5.41, 5.74) is 4.64. The SMILES string of the molecule is CCCCCCOc1c(OC/C=C(\C)CCC=C(C)C)c(=O)n(CCCCCC)c2cc(NC(=O)/C=C/c3ccccc3)ccc12. The van der Waals surface area contributed by atoms with Gasteiger partial charge in [-0.2, -0.15) is 0 Å². The Kier molecular flexibility index (Phi) is 15.9. The maximum absolute atomic E-state index is 14.1. The van der Waals surface area contributed by atoms with Crippen LogP contribution in [0.5, 0.6) is 11.5 Å². The van der Waals surface area contributed by atoms with Crippen molar-refractivity contribution >= 4 is 28.6 Å². The molecule has 3 rings (SSSR count). The van der Waals surface area contributed by atoms with Crippen LogP contribution in [0.15, 0.2) is 82.7 Å². The van der Waals surface area contributed by atoms with E-state index in [1.54, 1.807) is 10.6 Å². The molecule has 0 spiro atoms. The minimum absolute atomic E-state index is 0.199. The fourth-order valence-electron chi connectivity index (χ4n) is 5.25. The minimum atomic E-state index is -0.237. The van der Waals surface area contributed by atoms with Crippen LogP contribution in [0.3, 0.4) is 0 Å². The molecule has 1 amide bonds. The van der Waals surface area contributed by atoms with Gasteiger partial charge in [0.25, 0.3) is 5.56 Å². The molecule has 0 saturated heterocycles. The van der Waals surface area contributed by atoms with E-state index >= 15 is 0 Å². The molecule has 0 atom stereocenters. The van der Waals surface area contributed by atoms with Crippen molar-refractivity contribution in [2.75, 3.05) is 18.5 Å². The molecule has 0 aliphatic heterocycles. The Hall–Kier alpha value is -4.06. The first-order chi connectivity index (χ1) is 22.3. The van der Waals surface area contributed by atoms with Gasteiger partial charge in [-0.25, -0.2) is 0 Å². The summed E-state index contributed by atoms with van der Waals surface area (Å²) in [5.74, 6) is 0.507. The van der Waals surface area contributed by atoms with Gasteiger partial charge < -0.3 is 19.4 Å². The second-order valence-corrected chi connectivity index (χ2v) is 12.2. The third kappa shape index (κ3) is 12.0. The predicted octanol–water partition coefficient (Wildman–Crippen LogP) is 10.3. The lowest BCUT2D eigenvalue weighted by molar-refractivity contribution is -0.111. The number of unbranched alkanes of at least 4 members (excludes halogenated alkanes) is 6. The van der Waals surface area contributed by atoms with Crippen molar-refractivity contribution < 1.29 is 14.3 Å². The maximum atomic E-state index is 14.1. The fraction of sp³-hybridized carbons (Fsp3) is 0.450. The predicted molar refractivity (Wildman–Crippen MR) is 194 cm³/mol. The highest BCUT2D eigenvalue weighted by Gasteiger charge is 2.20. The number of hydrogen-bond donors (Lipinski definition) is 1. The zero-order chi connectivity index (χ0) is 33.1. The second-order valence-electron chi connectivity index (χ2n) is 12.2. The van der Waals surface area contributed by atoms with Crippen LogP contribution in [0.2, 0.25) is 0 Å². The number of ether oxygens (including phenoxy) is 2. The molecule has 0 unspecified atom stereocenters. The number of anilines is 1. The monoisotopic (exact) mass is 626 g/mol. The Labute approximate surface area is 276 Å². The molecule has 248 valence electrons. The standard InChI is InChI=1S/C40H54N2O4/c1-6-8-10-15-27-42-36-30-34(41-37(43)25-22-33-20-13-12-14-21-33)23-24-35(36)38(45-28-16-11-9-7-2)39(40(42)44)46-29-26-32(5)19-17-18-31(3)4/h12-14,18,20-26,30H,6-11,15-17,19,27-29H2,1-5H3,(H,41,43)/b25-22+,32-26+. The first-order valence-corrected chi connectivity index (χ1v) is 17.1. The molecule has 3 aromatic rings. The van der Waals surface area contributed by atoms with Crippen LogP contribution in [0, 0.1) is 0 Å². The van der Waals surface area contributed by atoms with Gasteiger partial charge in [0.15, 0.2) is 5.75 Å². The van der Waals surface area contributed by atoms with E-state index in [-0.39, 0.29) is 17.2 Å². The van der Waals surface area contributed by atoms with Crippen LogP contribution < -0.4 is 20.3 Å². The van der Waals surface area contributed by atoms with Gasteiger partial charge in [-0.15, -0.1) is 0 Å².